The molecule has 0 spiro atoms. The van der Waals surface area contributed by atoms with Crippen LogP contribution in [0, 0.1) is 6.20 Å². The van der Waals surface area contributed by atoms with E-state index in [0.29, 0.717) is 0 Å². The lowest BCUT2D eigenvalue weighted by atomic mass is 10.1. The summed E-state index contributed by atoms with van der Waals surface area (Å²) in [5.41, 5.74) is 2.10. The van der Waals surface area contributed by atoms with Crippen LogP contribution in [0.1, 0.15) is 0 Å². The Morgan fingerprint density at radius 1 is 0.917 bits per heavy atom. The van der Waals surface area contributed by atoms with Gasteiger partial charge in [-0.1, -0.05) is 36.4 Å². The molecule has 0 aliphatic heterocycles. The lowest BCUT2D eigenvalue weighted by Gasteiger charge is -1.97. The summed E-state index contributed by atoms with van der Waals surface area (Å²) in [6, 6.07) is 15.8. The number of hydrogen-bond acceptors (Lipinski definition) is 1. The third-order valence-corrected chi connectivity index (χ3v) is 1.68. The van der Waals surface area contributed by atoms with Crippen molar-refractivity contribution in [1.29, 1.82) is 0 Å². The second kappa shape index (κ2) is 3.18. The molecule has 2 rings (SSSR count). The van der Waals surface area contributed by atoms with Crippen LogP contribution in [0.2, 0.25) is 0 Å². The van der Waals surface area contributed by atoms with Gasteiger partial charge in [0.15, 0.2) is 0 Å². The minimum absolute atomic E-state index is 0.970. The summed E-state index contributed by atoms with van der Waals surface area (Å²) >= 11 is 0. The molecule has 57 valence electrons. The van der Waals surface area contributed by atoms with Crippen LogP contribution in [-0.4, -0.2) is 4.98 Å². The minimum Gasteiger partial charge on any atom is -0.246 e. The highest BCUT2D eigenvalue weighted by molar-refractivity contribution is 5.57. The van der Waals surface area contributed by atoms with Gasteiger partial charge in [-0.2, -0.15) is 0 Å². The van der Waals surface area contributed by atoms with Gasteiger partial charge in [0.25, 0.3) is 0 Å². The van der Waals surface area contributed by atoms with Gasteiger partial charge in [-0.05, 0) is 12.1 Å². The van der Waals surface area contributed by atoms with E-state index in [4.69, 9.17) is 0 Å². The van der Waals surface area contributed by atoms with Gasteiger partial charge in [0.1, 0.15) is 0 Å². The fourth-order valence-corrected chi connectivity index (χ4v) is 1.10. The van der Waals surface area contributed by atoms with Crippen molar-refractivity contribution < 1.29 is 0 Å². The van der Waals surface area contributed by atoms with Crippen molar-refractivity contribution in [2.24, 2.45) is 0 Å². The Bertz CT molecular complexity index is 302. The summed E-state index contributed by atoms with van der Waals surface area (Å²) in [5.74, 6) is 0. The Hall–Kier alpha value is -1.63. The molecule has 2 aromatic rings. The molecule has 0 atom stereocenters. The fourth-order valence-electron chi connectivity index (χ4n) is 1.10. The van der Waals surface area contributed by atoms with E-state index in [1.807, 2.05) is 42.5 Å². The molecule has 12 heavy (non-hydrogen) atoms. The maximum atomic E-state index is 4.12. The van der Waals surface area contributed by atoms with Crippen molar-refractivity contribution in [3.05, 3.63) is 54.7 Å². The van der Waals surface area contributed by atoms with Crippen molar-refractivity contribution in [2.75, 3.05) is 0 Å². The number of hydrogen-bond donors (Lipinski definition) is 0. The highest BCUT2D eigenvalue weighted by atomic mass is 14.7. The zero-order valence-corrected chi connectivity index (χ0v) is 6.57. The summed E-state index contributed by atoms with van der Waals surface area (Å²) in [6.07, 6.45) is 2.81. The van der Waals surface area contributed by atoms with E-state index in [9.17, 15) is 0 Å². The van der Waals surface area contributed by atoms with E-state index >= 15 is 0 Å². The van der Waals surface area contributed by atoms with E-state index in [2.05, 4.69) is 11.2 Å². The average Bonchev–Trinajstić information content (AvgIpc) is 2.21. The van der Waals surface area contributed by atoms with Crippen molar-refractivity contribution in [1.82, 2.24) is 4.98 Å². The normalized spacial score (nSPS) is 9.67. The zero-order chi connectivity index (χ0) is 8.23. The molecule has 0 unspecified atom stereocenters. The lowest BCUT2D eigenvalue weighted by molar-refractivity contribution is 1.31. The molecule has 1 aromatic heterocycles. The third kappa shape index (κ3) is 1.35. The maximum Gasteiger partial charge on any atom is 0.0893 e. The topological polar surface area (TPSA) is 12.9 Å². The monoisotopic (exact) mass is 154 g/mol. The van der Waals surface area contributed by atoms with Gasteiger partial charge < -0.3 is 0 Å². The molecule has 1 radical (unpaired) electrons. The van der Waals surface area contributed by atoms with Gasteiger partial charge in [0, 0.05) is 5.56 Å². The molecular weight excluding hydrogens is 146 g/mol. The Balaban J connectivity index is 2.46. The van der Waals surface area contributed by atoms with Gasteiger partial charge in [-0.3, -0.25) is 0 Å². The van der Waals surface area contributed by atoms with Gasteiger partial charge in [-0.25, -0.2) is 4.98 Å². The van der Waals surface area contributed by atoms with Crippen LogP contribution in [0.5, 0.6) is 0 Å². The third-order valence-electron chi connectivity index (χ3n) is 1.68. The molecule has 1 heteroatoms. The first-order valence-corrected chi connectivity index (χ1v) is 3.85. The van der Waals surface area contributed by atoms with E-state index < -0.39 is 0 Å². The van der Waals surface area contributed by atoms with Crippen molar-refractivity contribution >= 4 is 0 Å². The molecule has 0 saturated carbocycles. The van der Waals surface area contributed by atoms with Gasteiger partial charge in [0.2, 0.25) is 0 Å². The minimum atomic E-state index is 0.970. The average molecular weight is 154 g/mol. The SMILES string of the molecule is [c]1cccc(-c2ccccc2)n1. The van der Waals surface area contributed by atoms with Crippen molar-refractivity contribution in [2.45, 2.75) is 0 Å². The van der Waals surface area contributed by atoms with Crippen LogP contribution in [0.15, 0.2) is 48.5 Å². The van der Waals surface area contributed by atoms with Crippen LogP contribution >= 0.6 is 0 Å². The molecule has 0 amide bonds. The van der Waals surface area contributed by atoms with Crippen LogP contribution in [-0.2, 0) is 0 Å². The van der Waals surface area contributed by atoms with Crippen molar-refractivity contribution in [3.8, 4) is 11.3 Å². The number of pyridine rings is 1. The molecule has 0 bridgehead atoms. The zero-order valence-electron chi connectivity index (χ0n) is 6.57. The standard InChI is InChI=1S/C11H8N/c1-2-6-10(7-3-1)11-8-4-5-9-12-11/h1-8H. The summed E-state index contributed by atoms with van der Waals surface area (Å²) < 4.78 is 0. The van der Waals surface area contributed by atoms with Gasteiger partial charge in [-0.15, -0.1) is 0 Å². The molecule has 0 aliphatic carbocycles. The maximum absolute atomic E-state index is 4.12. The molecule has 1 aromatic carbocycles. The number of rotatable bonds is 1. The molecule has 0 N–H and O–H groups in total. The molecule has 0 fully saturated rings. The summed E-state index contributed by atoms with van der Waals surface area (Å²) in [4.78, 5) is 4.12. The number of aromatic nitrogens is 1. The first kappa shape index (κ1) is 7.04. The van der Waals surface area contributed by atoms with Crippen LogP contribution in [0.4, 0.5) is 0 Å². The van der Waals surface area contributed by atoms with Gasteiger partial charge >= 0.3 is 0 Å². The second-order valence-electron chi connectivity index (χ2n) is 2.52. The predicted molar refractivity (Wildman–Crippen MR) is 48.5 cm³/mol. The highest BCUT2D eigenvalue weighted by Crippen LogP contribution is 2.13. The lowest BCUT2D eigenvalue weighted by Crippen LogP contribution is -1.79. The van der Waals surface area contributed by atoms with E-state index in [-0.39, 0.29) is 0 Å². The predicted octanol–water partition coefficient (Wildman–Crippen LogP) is 2.55. The summed E-state index contributed by atoms with van der Waals surface area (Å²) in [6.45, 7) is 0. The van der Waals surface area contributed by atoms with Crippen LogP contribution < -0.4 is 0 Å². The molecule has 1 nitrogen and oxygen atoms in total. The quantitative estimate of drug-likeness (QED) is 0.615. The molecule has 1 heterocycles. The number of benzene rings is 1. The fraction of sp³-hybridized carbons (Fsp3) is 0. The van der Waals surface area contributed by atoms with E-state index in [1.165, 1.54) is 0 Å². The summed E-state index contributed by atoms with van der Waals surface area (Å²) in [7, 11) is 0. The van der Waals surface area contributed by atoms with E-state index in [0.717, 1.165) is 11.3 Å². The first-order valence-electron chi connectivity index (χ1n) is 3.85. The van der Waals surface area contributed by atoms with Gasteiger partial charge in [0.05, 0.1) is 11.9 Å². The van der Waals surface area contributed by atoms with Crippen LogP contribution in [0.25, 0.3) is 11.3 Å². The number of nitrogens with zero attached hydrogens (tertiary/aromatic N) is 1. The molecule has 0 saturated heterocycles. The Labute approximate surface area is 71.7 Å². The first-order chi connectivity index (χ1) is 5.97. The Kier molecular flexibility index (Phi) is 1.87. The van der Waals surface area contributed by atoms with Crippen LogP contribution in [0.3, 0.4) is 0 Å². The van der Waals surface area contributed by atoms with Crippen molar-refractivity contribution in [3.63, 3.8) is 0 Å². The Morgan fingerprint density at radius 2 is 1.75 bits per heavy atom. The Morgan fingerprint density at radius 3 is 2.42 bits per heavy atom. The smallest absolute Gasteiger partial charge is 0.0893 e. The molecular formula is C11H8N. The highest BCUT2D eigenvalue weighted by Gasteiger charge is 1.93. The second-order valence-corrected chi connectivity index (χ2v) is 2.52. The summed E-state index contributed by atoms with van der Waals surface area (Å²) in [5, 5.41) is 0. The molecule has 0 aliphatic rings. The van der Waals surface area contributed by atoms with E-state index in [1.54, 1.807) is 6.07 Å². The largest absolute Gasteiger partial charge is 0.246 e.